The topological polar surface area (TPSA) is 54.2 Å². The van der Waals surface area contributed by atoms with Crippen LogP contribution in [-0.2, 0) is 20.0 Å². The van der Waals surface area contributed by atoms with Gasteiger partial charge >= 0.3 is 0 Å². The zero-order valence-corrected chi connectivity index (χ0v) is 18.7. The molecule has 0 bridgehead atoms. The molecule has 1 heterocycles. The third kappa shape index (κ3) is 5.69. The van der Waals surface area contributed by atoms with Crippen LogP contribution in [0.1, 0.15) is 35.0 Å². The maximum absolute atomic E-state index is 13.6. The van der Waals surface area contributed by atoms with E-state index >= 15 is 0 Å². The van der Waals surface area contributed by atoms with Gasteiger partial charge < -0.3 is 10.6 Å². The van der Waals surface area contributed by atoms with E-state index in [1.165, 1.54) is 11.3 Å². The van der Waals surface area contributed by atoms with Crippen molar-refractivity contribution in [1.82, 2.24) is 20.4 Å². The number of benzene rings is 1. The van der Waals surface area contributed by atoms with Crippen LogP contribution in [0.3, 0.4) is 0 Å². The minimum absolute atomic E-state index is 0. The van der Waals surface area contributed by atoms with E-state index in [0.29, 0.717) is 18.1 Å². The molecule has 0 saturated carbocycles. The number of nitrogens with one attached hydrogen (secondary N) is 2. The van der Waals surface area contributed by atoms with Crippen molar-refractivity contribution < 1.29 is 4.39 Å². The fourth-order valence-corrected chi connectivity index (χ4v) is 2.83. The van der Waals surface area contributed by atoms with Gasteiger partial charge in [-0.2, -0.15) is 5.10 Å². The Balaban J connectivity index is 0.00000338. The Morgan fingerprint density at radius 3 is 2.54 bits per heavy atom. The molecule has 5 nitrogen and oxygen atoms in total. The second-order valence-electron chi connectivity index (χ2n) is 6.53. The molecule has 1 atom stereocenters. The van der Waals surface area contributed by atoms with Crippen LogP contribution in [0, 0.1) is 26.6 Å². The predicted molar refractivity (Wildman–Crippen MR) is 116 cm³/mol. The lowest BCUT2D eigenvalue weighted by Crippen LogP contribution is -2.42. The molecule has 0 saturated heterocycles. The zero-order valence-electron chi connectivity index (χ0n) is 16.4. The van der Waals surface area contributed by atoms with Gasteiger partial charge in [-0.15, -0.1) is 24.0 Å². The molecule has 7 heteroatoms. The first-order valence-electron chi connectivity index (χ1n) is 8.53. The van der Waals surface area contributed by atoms with Crippen molar-refractivity contribution in [2.45, 2.75) is 46.7 Å². The number of aliphatic imine (C=N–C) groups is 1. The first-order valence-corrected chi connectivity index (χ1v) is 8.53. The smallest absolute Gasteiger partial charge is 0.191 e. The third-order valence-electron chi connectivity index (χ3n) is 4.47. The van der Waals surface area contributed by atoms with E-state index in [4.69, 9.17) is 0 Å². The molecule has 26 heavy (non-hydrogen) atoms. The van der Waals surface area contributed by atoms with Gasteiger partial charge in [0, 0.05) is 32.4 Å². The van der Waals surface area contributed by atoms with Gasteiger partial charge in [-0.05, 0) is 56.9 Å². The second-order valence-corrected chi connectivity index (χ2v) is 6.53. The summed E-state index contributed by atoms with van der Waals surface area (Å²) < 4.78 is 15.5. The maximum atomic E-state index is 13.6. The van der Waals surface area contributed by atoms with Crippen LogP contribution in [0.25, 0.3) is 0 Å². The summed E-state index contributed by atoms with van der Waals surface area (Å²) in [5.41, 5.74) is 5.05. The molecule has 0 radical (unpaired) electrons. The lowest BCUT2D eigenvalue weighted by atomic mass is 10.1. The minimum Gasteiger partial charge on any atom is -0.354 e. The average Bonchev–Trinajstić information content (AvgIpc) is 2.80. The van der Waals surface area contributed by atoms with E-state index in [-0.39, 0.29) is 35.8 Å². The van der Waals surface area contributed by atoms with Crippen molar-refractivity contribution in [3.63, 3.8) is 0 Å². The van der Waals surface area contributed by atoms with Crippen LogP contribution in [0.5, 0.6) is 0 Å². The van der Waals surface area contributed by atoms with Crippen molar-refractivity contribution in [2.24, 2.45) is 12.0 Å². The van der Waals surface area contributed by atoms with Crippen LogP contribution in [0.4, 0.5) is 4.39 Å². The standard InChI is InChI=1S/C19H28FN5.HI/c1-12-7-8-16(10-18(12)20)11-22-19(21-5)23-13(2)9-17-14(3)24-25(6)15(17)4;/h7-8,10,13H,9,11H2,1-6H3,(H2,21,22,23);1H. The van der Waals surface area contributed by atoms with Gasteiger partial charge in [-0.25, -0.2) is 4.39 Å². The van der Waals surface area contributed by atoms with Gasteiger partial charge in [0.2, 0.25) is 0 Å². The maximum Gasteiger partial charge on any atom is 0.191 e. The predicted octanol–water partition coefficient (Wildman–Crippen LogP) is 3.40. The number of halogens is 2. The Labute approximate surface area is 172 Å². The van der Waals surface area contributed by atoms with Crippen molar-refractivity contribution >= 4 is 29.9 Å². The molecular weight excluding hydrogens is 444 g/mol. The van der Waals surface area contributed by atoms with Crippen LogP contribution in [-0.4, -0.2) is 28.8 Å². The highest BCUT2D eigenvalue weighted by Gasteiger charge is 2.14. The summed E-state index contributed by atoms with van der Waals surface area (Å²) in [4.78, 5) is 4.25. The lowest BCUT2D eigenvalue weighted by Gasteiger charge is -2.18. The van der Waals surface area contributed by atoms with Gasteiger partial charge in [-0.1, -0.05) is 12.1 Å². The molecule has 2 N–H and O–H groups in total. The van der Waals surface area contributed by atoms with E-state index < -0.39 is 0 Å². The number of aromatic nitrogens is 2. The number of rotatable bonds is 5. The first-order chi connectivity index (χ1) is 11.8. The van der Waals surface area contributed by atoms with Crippen LogP contribution >= 0.6 is 24.0 Å². The molecule has 0 aliphatic carbocycles. The number of hydrogen-bond donors (Lipinski definition) is 2. The van der Waals surface area contributed by atoms with Crippen molar-refractivity contribution in [3.8, 4) is 0 Å². The molecule has 0 aliphatic rings. The molecule has 0 fully saturated rings. The molecule has 2 rings (SSSR count). The number of hydrogen-bond acceptors (Lipinski definition) is 2. The Bertz CT molecular complexity index is 770. The Kier molecular flexibility index (Phi) is 8.52. The summed E-state index contributed by atoms with van der Waals surface area (Å²) in [5, 5.41) is 11.1. The van der Waals surface area contributed by atoms with Crippen LogP contribution in [0.2, 0.25) is 0 Å². The third-order valence-corrected chi connectivity index (χ3v) is 4.47. The summed E-state index contributed by atoms with van der Waals surface area (Å²) in [5.74, 6) is 0.519. The van der Waals surface area contributed by atoms with Gasteiger partial charge in [-0.3, -0.25) is 9.67 Å². The molecule has 2 aromatic rings. The zero-order chi connectivity index (χ0) is 18.6. The summed E-state index contributed by atoms with van der Waals surface area (Å²) in [6.07, 6.45) is 0.866. The van der Waals surface area contributed by atoms with E-state index in [1.54, 1.807) is 26.1 Å². The highest BCUT2D eigenvalue weighted by Crippen LogP contribution is 2.14. The SMILES string of the molecule is CN=C(NCc1ccc(C)c(F)c1)NC(C)Cc1c(C)nn(C)c1C.I. The Morgan fingerprint density at radius 1 is 1.31 bits per heavy atom. The fourth-order valence-electron chi connectivity index (χ4n) is 2.83. The van der Waals surface area contributed by atoms with E-state index in [9.17, 15) is 4.39 Å². The number of aryl methyl sites for hydroxylation is 3. The average molecular weight is 473 g/mol. The Hall–Kier alpha value is -1.64. The van der Waals surface area contributed by atoms with Gasteiger partial charge in [0.25, 0.3) is 0 Å². The first kappa shape index (κ1) is 22.4. The van der Waals surface area contributed by atoms with Crippen molar-refractivity contribution in [3.05, 3.63) is 52.1 Å². The van der Waals surface area contributed by atoms with Gasteiger partial charge in [0.15, 0.2) is 5.96 Å². The molecule has 0 aliphatic heterocycles. The number of guanidine groups is 1. The van der Waals surface area contributed by atoms with Crippen LogP contribution < -0.4 is 10.6 Å². The molecule has 0 amide bonds. The van der Waals surface area contributed by atoms with Crippen molar-refractivity contribution in [1.29, 1.82) is 0 Å². The van der Waals surface area contributed by atoms with Crippen LogP contribution in [0.15, 0.2) is 23.2 Å². The molecule has 1 aromatic carbocycles. The molecular formula is C19H29FIN5. The second kappa shape index (κ2) is 9.89. The van der Waals surface area contributed by atoms with E-state index in [0.717, 1.165) is 17.7 Å². The quantitative estimate of drug-likeness (QED) is 0.398. The molecule has 1 unspecified atom stereocenters. The Morgan fingerprint density at radius 2 is 2.00 bits per heavy atom. The van der Waals surface area contributed by atoms with Gasteiger partial charge in [0.1, 0.15) is 5.82 Å². The highest BCUT2D eigenvalue weighted by molar-refractivity contribution is 14.0. The largest absolute Gasteiger partial charge is 0.354 e. The lowest BCUT2D eigenvalue weighted by molar-refractivity contribution is 0.613. The summed E-state index contributed by atoms with van der Waals surface area (Å²) in [6.45, 7) is 8.52. The molecule has 1 aromatic heterocycles. The van der Waals surface area contributed by atoms with E-state index in [1.807, 2.05) is 24.7 Å². The van der Waals surface area contributed by atoms with Crippen molar-refractivity contribution in [2.75, 3.05) is 7.05 Å². The highest BCUT2D eigenvalue weighted by atomic mass is 127. The van der Waals surface area contributed by atoms with Gasteiger partial charge in [0.05, 0.1) is 5.69 Å². The van der Waals surface area contributed by atoms with E-state index in [2.05, 4.69) is 34.6 Å². The molecule has 144 valence electrons. The summed E-state index contributed by atoms with van der Waals surface area (Å²) >= 11 is 0. The fraction of sp³-hybridized carbons (Fsp3) is 0.474. The summed E-state index contributed by atoms with van der Waals surface area (Å²) in [7, 11) is 3.70. The minimum atomic E-state index is -0.182. The monoisotopic (exact) mass is 473 g/mol. The molecule has 0 spiro atoms. The number of nitrogens with zero attached hydrogens (tertiary/aromatic N) is 3. The normalized spacial score (nSPS) is 12.5. The summed E-state index contributed by atoms with van der Waals surface area (Å²) in [6, 6.07) is 5.47.